The summed E-state index contributed by atoms with van der Waals surface area (Å²) in [4.78, 5) is 13.1. The molecule has 1 heterocycles. The lowest BCUT2D eigenvalue weighted by Crippen LogP contribution is -2.50. The molecule has 0 radical (unpaired) electrons. The van der Waals surface area contributed by atoms with Crippen molar-refractivity contribution < 1.29 is 26.7 Å². The van der Waals surface area contributed by atoms with E-state index in [1.165, 1.54) is 6.92 Å². The van der Waals surface area contributed by atoms with Crippen LogP contribution in [0.2, 0.25) is 0 Å². The van der Waals surface area contributed by atoms with Gasteiger partial charge < -0.3 is 10.1 Å². The van der Waals surface area contributed by atoms with Crippen molar-refractivity contribution in [1.82, 2.24) is 5.32 Å². The minimum absolute atomic E-state index is 0.132. The molecule has 31 heavy (non-hydrogen) atoms. The highest BCUT2D eigenvalue weighted by atomic mass is 32.2. The fourth-order valence-corrected chi connectivity index (χ4v) is 4.99. The summed E-state index contributed by atoms with van der Waals surface area (Å²) in [5, 5.41) is 2.91. The minimum atomic E-state index is -3.96. The molecule has 0 spiro atoms. The van der Waals surface area contributed by atoms with Crippen LogP contribution >= 0.6 is 0 Å². The maximum atomic E-state index is 13.7. The molecule has 2 aromatic carbocycles. The summed E-state index contributed by atoms with van der Waals surface area (Å²) in [5.74, 6) is -2.22. The van der Waals surface area contributed by atoms with E-state index >= 15 is 0 Å². The van der Waals surface area contributed by atoms with Gasteiger partial charge in [0.25, 0.3) is 0 Å². The van der Waals surface area contributed by atoms with E-state index in [1.807, 2.05) is 39.0 Å². The second kappa shape index (κ2) is 8.11. The van der Waals surface area contributed by atoms with E-state index in [-0.39, 0.29) is 5.69 Å². The topological polar surface area (TPSA) is 75.7 Å². The monoisotopic (exact) mass is 452 g/mol. The van der Waals surface area contributed by atoms with Crippen molar-refractivity contribution >= 4 is 21.6 Å². The van der Waals surface area contributed by atoms with E-state index in [4.69, 9.17) is 4.74 Å². The normalized spacial score (nSPS) is 18.5. The van der Waals surface area contributed by atoms with E-state index in [9.17, 15) is 22.0 Å². The number of sulfonamides is 1. The van der Waals surface area contributed by atoms with Crippen molar-refractivity contribution in [3.8, 4) is 5.75 Å². The summed E-state index contributed by atoms with van der Waals surface area (Å²) in [6.45, 7) is 7.14. The maximum Gasteiger partial charge on any atom is 0.244 e. The molecule has 0 fully saturated rings. The highest BCUT2D eigenvalue weighted by molar-refractivity contribution is 7.92. The average Bonchev–Trinajstić information content (AvgIpc) is 2.63. The van der Waals surface area contributed by atoms with Gasteiger partial charge in [0.1, 0.15) is 17.4 Å². The predicted molar refractivity (Wildman–Crippen MR) is 115 cm³/mol. The van der Waals surface area contributed by atoms with Crippen LogP contribution in [0.15, 0.2) is 36.4 Å². The lowest BCUT2D eigenvalue weighted by molar-refractivity contribution is -0.123. The Hall–Kier alpha value is -2.68. The fourth-order valence-electron chi connectivity index (χ4n) is 3.83. The molecule has 2 atom stereocenters. The van der Waals surface area contributed by atoms with Gasteiger partial charge >= 0.3 is 0 Å². The molecule has 0 saturated heterocycles. The Bertz CT molecular complexity index is 1120. The first kappa shape index (κ1) is 23.0. The van der Waals surface area contributed by atoms with Crippen LogP contribution in [0.1, 0.15) is 44.4 Å². The van der Waals surface area contributed by atoms with Gasteiger partial charge in [-0.05, 0) is 45.9 Å². The van der Waals surface area contributed by atoms with Crippen LogP contribution in [-0.4, -0.2) is 32.2 Å². The van der Waals surface area contributed by atoms with Gasteiger partial charge in [0.15, 0.2) is 11.6 Å². The molecular formula is C22H26F2N2O4S. The summed E-state index contributed by atoms with van der Waals surface area (Å²) in [7, 11) is -3.96. The van der Waals surface area contributed by atoms with Crippen LogP contribution in [-0.2, 0) is 14.8 Å². The molecule has 168 valence electrons. The number of nitrogens with one attached hydrogen (secondary N) is 1. The number of halogens is 2. The second-order valence-corrected chi connectivity index (χ2v) is 10.4. The number of benzene rings is 2. The first-order valence-electron chi connectivity index (χ1n) is 9.83. The zero-order valence-electron chi connectivity index (χ0n) is 18.1. The molecule has 1 aliphatic rings. The average molecular weight is 453 g/mol. The Labute approximate surface area is 181 Å². The number of ether oxygens (including phenoxy) is 1. The van der Waals surface area contributed by atoms with Crippen molar-refractivity contribution in [1.29, 1.82) is 0 Å². The molecule has 2 aromatic rings. The van der Waals surface area contributed by atoms with Crippen LogP contribution in [0.5, 0.6) is 5.75 Å². The smallest absolute Gasteiger partial charge is 0.244 e. The zero-order valence-corrected chi connectivity index (χ0v) is 18.9. The number of anilines is 1. The maximum absolute atomic E-state index is 13.7. The Morgan fingerprint density at radius 1 is 1.19 bits per heavy atom. The molecule has 1 N–H and O–H groups in total. The number of hydrogen-bond donors (Lipinski definition) is 1. The van der Waals surface area contributed by atoms with Gasteiger partial charge in [-0.15, -0.1) is 0 Å². The summed E-state index contributed by atoms with van der Waals surface area (Å²) in [6.07, 6.45) is 1.39. The van der Waals surface area contributed by atoms with E-state index in [2.05, 4.69) is 5.32 Å². The largest absolute Gasteiger partial charge is 0.487 e. The van der Waals surface area contributed by atoms with E-state index in [0.717, 1.165) is 39.9 Å². The van der Waals surface area contributed by atoms with Gasteiger partial charge in [0.05, 0.1) is 18.0 Å². The number of rotatable bonds is 5. The van der Waals surface area contributed by atoms with Crippen LogP contribution < -0.4 is 14.4 Å². The van der Waals surface area contributed by atoms with Crippen molar-refractivity contribution in [2.45, 2.75) is 51.8 Å². The van der Waals surface area contributed by atoms with Gasteiger partial charge in [-0.1, -0.05) is 17.7 Å². The molecular weight excluding hydrogens is 426 g/mol. The highest BCUT2D eigenvalue weighted by Gasteiger charge is 2.37. The summed E-state index contributed by atoms with van der Waals surface area (Å²) in [5.41, 5.74) is 1.13. The molecule has 0 aromatic heterocycles. The quantitative estimate of drug-likeness (QED) is 0.748. The highest BCUT2D eigenvalue weighted by Crippen LogP contribution is 2.40. The molecule has 3 rings (SSSR count). The van der Waals surface area contributed by atoms with Gasteiger partial charge in [0.2, 0.25) is 15.9 Å². The fraction of sp³-hybridized carbons (Fsp3) is 0.409. The molecule has 0 unspecified atom stereocenters. The van der Waals surface area contributed by atoms with Gasteiger partial charge in [0, 0.05) is 18.1 Å². The van der Waals surface area contributed by atoms with E-state index < -0.39 is 45.2 Å². The number of nitrogens with zero attached hydrogens (tertiary/aromatic N) is 1. The zero-order chi connectivity index (χ0) is 23.1. The van der Waals surface area contributed by atoms with Crippen molar-refractivity contribution in [3.63, 3.8) is 0 Å². The third kappa shape index (κ3) is 4.98. The predicted octanol–water partition coefficient (Wildman–Crippen LogP) is 3.85. The van der Waals surface area contributed by atoms with Crippen LogP contribution in [0.4, 0.5) is 14.5 Å². The molecule has 0 saturated carbocycles. The van der Waals surface area contributed by atoms with Crippen molar-refractivity contribution in [2.24, 2.45) is 0 Å². The standard InChI is InChI=1S/C22H26F2N2O4S/c1-13-6-9-20-16(10-13)19(12-22(3,4)30-20)25-21(27)14(2)26(31(5,28)29)15-7-8-17(23)18(24)11-15/h6-11,14,19H,12H2,1-5H3,(H,25,27)/t14-,19-/m1/s1. The molecule has 1 aliphatic heterocycles. The van der Waals surface area contributed by atoms with Crippen LogP contribution in [0.3, 0.4) is 0 Å². The number of carbonyl (C=O) groups is 1. The summed E-state index contributed by atoms with van der Waals surface area (Å²) in [6, 6.07) is 6.79. The molecule has 1 amide bonds. The first-order valence-corrected chi connectivity index (χ1v) is 11.7. The third-order valence-electron chi connectivity index (χ3n) is 5.19. The molecule has 9 heteroatoms. The van der Waals surface area contributed by atoms with Gasteiger partial charge in [-0.3, -0.25) is 9.10 Å². The van der Waals surface area contributed by atoms with E-state index in [1.54, 1.807) is 0 Å². The number of hydrogen-bond acceptors (Lipinski definition) is 4. The minimum Gasteiger partial charge on any atom is -0.487 e. The number of fused-ring (bicyclic) bond motifs is 1. The Morgan fingerprint density at radius 3 is 2.48 bits per heavy atom. The summed E-state index contributed by atoms with van der Waals surface area (Å²) < 4.78 is 58.7. The molecule has 6 nitrogen and oxygen atoms in total. The number of aryl methyl sites for hydroxylation is 1. The Balaban J connectivity index is 1.92. The van der Waals surface area contributed by atoms with Crippen LogP contribution in [0.25, 0.3) is 0 Å². The third-order valence-corrected chi connectivity index (χ3v) is 6.43. The van der Waals surface area contributed by atoms with Crippen molar-refractivity contribution in [2.75, 3.05) is 10.6 Å². The summed E-state index contributed by atoms with van der Waals surface area (Å²) >= 11 is 0. The lowest BCUT2D eigenvalue weighted by atomic mass is 9.89. The van der Waals surface area contributed by atoms with Crippen molar-refractivity contribution in [3.05, 3.63) is 59.2 Å². The first-order chi connectivity index (χ1) is 14.3. The molecule has 0 aliphatic carbocycles. The second-order valence-electron chi connectivity index (χ2n) is 8.50. The molecule has 0 bridgehead atoms. The number of amides is 1. The SMILES string of the molecule is Cc1ccc2c(c1)[C@H](NC(=O)[C@@H](C)N(c1ccc(F)c(F)c1)S(C)(=O)=O)CC(C)(C)O2. The van der Waals surface area contributed by atoms with E-state index in [0.29, 0.717) is 12.2 Å². The Morgan fingerprint density at radius 2 is 1.87 bits per heavy atom. The Kier molecular flexibility index (Phi) is 6.01. The van der Waals surface area contributed by atoms with Gasteiger partial charge in [-0.2, -0.15) is 0 Å². The number of carbonyl (C=O) groups excluding carboxylic acids is 1. The van der Waals surface area contributed by atoms with Gasteiger partial charge in [-0.25, -0.2) is 17.2 Å². The van der Waals surface area contributed by atoms with Crippen LogP contribution in [0, 0.1) is 18.6 Å². The lowest BCUT2D eigenvalue weighted by Gasteiger charge is -2.39.